The van der Waals surface area contributed by atoms with Gasteiger partial charge in [0.15, 0.2) is 0 Å². The van der Waals surface area contributed by atoms with Crippen LogP contribution in [0.1, 0.15) is 106 Å². The van der Waals surface area contributed by atoms with Gasteiger partial charge in [0.1, 0.15) is 11.2 Å². The Kier molecular flexibility index (Phi) is 12.6. The van der Waals surface area contributed by atoms with Crippen LogP contribution >= 0.6 is 0 Å². The minimum atomic E-state index is -0.933. The normalized spacial score (nSPS) is 18.4. The number of ether oxygens (including phenoxy) is 2. The van der Waals surface area contributed by atoms with Crippen molar-refractivity contribution >= 4 is 24.1 Å². The summed E-state index contributed by atoms with van der Waals surface area (Å²) >= 11 is 0. The molecule has 3 amide bonds. The van der Waals surface area contributed by atoms with Crippen LogP contribution in [0.3, 0.4) is 0 Å². The van der Waals surface area contributed by atoms with Gasteiger partial charge in [-0.3, -0.25) is 9.59 Å². The van der Waals surface area contributed by atoms with E-state index in [1.807, 2.05) is 41.5 Å². The zero-order valence-electron chi connectivity index (χ0n) is 25.8. The first-order chi connectivity index (χ1) is 18.5. The summed E-state index contributed by atoms with van der Waals surface area (Å²) < 4.78 is 11.0. The number of amides is 3. The predicted octanol–water partition coefficient (Wildman–Crippen LogP) is 5.44. The maximum Gasteiger partial charge on any atom is 0.410 e. The largest absolute Gasteiger partial charge is 0.481 e. The number of aliphatic carboxylic acids is 1. The van der Waals surface area contributed by atoms with Crippen molar-refractivity contribution in [2.24, 2.45) is 17.8 Å². The zero-order chi connectivity index (χ0) is 30.1. The number of nitrogens with zero attached hydrogens (tertiary/aromatic N) is 2. The van der Waals surface area contributed by atoms with Gasteiger partial charge in [0.05, 0.1) is 6.42 Å². The highest BCUT2D eigenvalue weighted by Crippen LogP contribution is 2.30. The highest BCUT2D eigenvalue weighted by molar-refractivity contribution is 5.79. The third-order valence-corrected chi connectivity index (χ3v) is 7.62. The number of carboxylic acids is 1. The second kappa shape index (κ2) is 14.9. The number of piperidine rings is 2. The Morgan fingerprint density at radius 1 is 0.775 bits per heavy atom. The average Bonchev–Trinajstić information content (AvgIpc) is 2.82. The molecule has 0 radical (unpaired) electrons. The maximum atomic E-state index is 13.2. The topological polar surface area (TPSA) is 125 Å². The van der Waals surface area contributed by atoms with E-state index in [0.29, 0.717) is 38.0 Å². The van der Waals surface area contributed by atoms with Gasteiger partial charge in [0.2, 0.25) is 5.91 Å². The monoisotopic (exact) mass is 567 g/mol. The van der Waals surface area contributed by atoms with Crippen molar-refractivity contribution in [3.05, 3.63) is 0 Å². The molecule has 2 fully saturated rings. The van der Waals surface area contributed by atoms with Gasteiger partial charge >= 0.3 is 18.2 Å². The Morgan fingerprint density at radius 3 is 1.48 bits per heavy atom. The number of nitrogens with one attached hydrogen (secondary N) is 1. The molecule has 2 saturated heterocycles. The molecule has 0 aromatic heterocycles. The van der Waals surface area contributed by atoms with Crippen LogP contribution in [-0.4, -0.2) is 82.4 Å². The van der Waals surface area contributed by atoms with Crippen LogP contribution in [0.2, 0.25) is 0 Å². The van der Waals surface area contributed by atoms with Gasteiger partial charge in [-0.1, -0.05) is 0 Å². The van der Waals surface area contributed by atoms with Crippen LogP contribution in [-0.2, 0) is 19.1 Å². The first-order valence-electron chi connectivity index (χ1n) is 15.0. The molecule has 230 valence electrons. The van der Waals surface area contributed by atoms with Crippen LogP contribution < -0.4 is 5.32 Å². The van der Waals surface area contributed by atoms with Crippen LogP contribution in [0.15, 0.2) is 0 Å². The first kappa shape index (κ1) is 33.7. The number of carbonyl (C=O) groups excluding carboxylic acids is 3. The number of rotatable bonds is 10. The Bertz CT molecular complexity index is 796. The lowest BCUT2D eigenvalue weighted by molar-refractivity contribution is -0.137. The van der Waals surface area contributed by atoms with Gasteiger partial charge in [-0.15, -0.1) is 0 Å². The molecule has 2 rings (SSSR count). The van der Waals surface area contributed by atoms with E-state index in [1.54, 1.807) is 16.7 Å². The summed E-state index contributed by atoms with van der Waals surface area (Å²) in [5, 5.41) is 12.0. The van der Waals surface area contributed by atoms with Crippen molar-refractivity contribution < 1.29 is 33.8 Å². The number of carbonyl (C=O) groups is 4. The molecule has 0 aromatic carbocycles. The van der Waals surface area contributed by atoms with Crippen LogP contribution in [0.4, 0.5) is 9.59 Å². The van der Waals surface area contributed by atoms with Gasteiger partial charge in [0, 0.05) is 38.1 Å². The minimum Gasteiger partial charge on any atom is -0.481 e. The lowest BCUT2D eigenvalue weighted by atomic mass is 9.84. The molecule has 0 aliphatic carbocycles. The molecule has 2 aliphatic rings. The molecule has 0 aromatic rings. The Hall–Kier alpha value is -2.52. The minimum absolute atomic E-state index is 0.0777. The Balaban J connectivity index is 1.87. The fourth-order valence-electron chi connectivity index (χ4n) is 5.42. The highest BCUT2D eigenvalue weighted by atomic mass is 16.6. The number of likely N-dealkylation sites (tertiary alicyclic amines) is 2. The molecular formula is C30H53N3O7. The summed E-state index contributed by atoms with van der Waals surface area (Å²) in [5.74, 6) is -0.335. The fraction of sp³-hybridized carbons (Fsp3) is 0.867. The lowest BCUT2D eigenvalue weighted by Crippen LogP contribution is -2.42. The van der Waals surface area contributed by atoms with Crippen molar-refractivity contribution in [1.82, 2.24) is 15.1 Å². The summed E-state index contributed by atoms with van der Waals surface area (Å²) in [5.41, 5.74) is -1.03. The van der Waals surface area contributed by atoms with E-state index < -0.39 is 23.2 Å². The summed E-state index contributed by atoms with van der Waals surface area (Å²) in [7, 11) is 0. The van der Waals surface area contributed by atoms with E-state index in [1.165, 1.54) is 0 Å². The van der Waals surface area contributed by atoms with Crippen LogP contribution in [0.25, 0.3) is 0 Å². The Labute approximate surface area is 240 Å². The number of hydrogen-bond acceptors (Lipinski definition) is 6. The molecule has 2 N–H and O–H groups in total. The molecule has 10 nitrogen and oxygen atoms in total. The summed E-state index contributed by atoms with van der Waals surface area (Å²) in [6.45, 7) is 15.5. The average molecular weight is 568 g/mol. The van der Waals surface area contributed by atoms with E-state index in [9.17, 15) is 19.2 Å². The molecule has 40 heavy (non-hydrogen) atoms. The van der Waals surface area contributed by atoms with E-state index in [2.05, 4.69) is 5.32 Å². The maximum absolute atomic E-state index is 13.2. The molecule has 0 spiro atoms. The van der Waals surface area contributed by atoms with E-state index in [0.717, 1.165) is 51.4 Å². The molecule has 2 heterocycles. The molecule has 0 bridgehead atoms. The van der Waals surface area contributed by atoms with Gasteiger partial charge in [-0.25, -0.2) is 9.59 Å². The molecule has 2 aliphatic heterocycles. The van der Waals surface area contributed by atoms with Gasteiger partial charge < -0.3 is 29.7 Å². The van der Waals surface area contributed by atoms with Crippen molar-refractivity contribution in [2.75, 3.05) is 26.2 Å². The summed E-state index contributed by atoms with van der Waals surface area (Å²) in [6.07, 6.45) is 6.14. The second-order valence-electron chi connectivity index (χ2n) is 13.7. The fourth-order valence-corrected chi connectivity index (χ4v) is 5.42. The standard InChI is InChI=1S/C30H53N3O7/c1-21(20-25(34)35)31-26(36)24(10-8-22-12-16-32(17-13-22)27(37)39-29(2,3)4)11-9-23-14-18-33(19-15-23)28(38)40-30(5,6)7/h21-24H,8-20H2,1-7H3,(H,31,36)(H,34,35). The van der Waals surface area contributed by atoms with Crippen LogP contribution in [0.5, 0.6) is 0 Å². The van der Waals surface area contributed by atoms with Gasteiger partial charge in [-0.05, 0) is 112 Å². The second-order valence-corrected chi connectivity index (χ2v) is 13.7. The molecule has 1 atom stereocenters. The Morgan fingerprint density at radius 2 is 1.15 bits per heavy atom. The third-order valence-electron chi connectivity index (χ3n) is 7.62. The smallest absolute Gasteiger partial charge is 0.410 e. The van der Waals surface area contributed by atoms with Crippen molar-refractivity contribution in [2.45, 2.75) is 123 Å². The predicted molar refractivity (Wildman–Crippen MR) is 153 cm³/mol. The van der Waals surface area contributed by atoms with Crippen molar-refractivity contribution in [3.63, 3.8) is 0 Å². The molecule has 1 unspecified atom stereocenters. The van der Waals surface area contributed by atoms with E-state index in [-0.39, 0.29) is 30.4 Å². The van der Waals surface area contributed by atoms with Crippen molar-refractivity contribution in [3.8, 4) is 0 Å². The summed E-state index contributed by atoms with van der Waals surface area (Å²) in [6, 6.07) is -0.429. The summed E-state index contributed by atoms with van der Waals surface area (Å²) in [4.78, 5) is 52.6. The van der Waals surface area contributed by atoms with E-state index in [4.69, 9.17) is 14.6 Å². The van der Waals surface area contributed by atoms with Gasteiger partial charge in [0.25, 0.3) is 0 Å². The van der Waals surface area contributed by atoms with Crippen LogP contribution in [0, 0.1) is 17.8 Å². The number of hydrogen-bond donors (Lipinski definition) is 2. The first-order valence-corrected chi connectivity index (χ1v) is 15.0. The van der Waals surface area contributed by atoms with Crippen molar-refractivity contribution in [1.29, 1.82) is 0 Å². The SMILES string of the molecule is CC(CC(=O)O)NC(=O)C(CCC1CCN(C(=O)OC(C)(C)C)CC1)CCC1CCN(C(=O)OC(C)(C)C)CC1. The quantitative estimate of drug-likeness (QED) is 0.360. The number of carboxylic acid groups (broad SMARTS) is 1. The lowest BCUT2D eigenvalue weighted by Gasteiger charge is -2.34. The molecule has 10 heteroatoms. The molecule has 0 saturated carbocycles. The van der Waals surface area contributed by atoms with E-state index >= 15 is 0 Å². The molecular weight excluding hydrogens is 514 g/mol. The highest BCUT2D eigenvalue weighted by Gasteiger charge is 2.30. The zero-order valence-corrected chi connectivity index (χ0v) is 25.8. The van der Waals surface area contributed by atoms with Gasteiger partial charge in [-0.2, -0.15) is 0 Å². The third kappa shape index (κ3) is 12.8.